The Morgan fingerprint density at radius 1 is 0.864 bits per heavy atom. The van der Waals surface area contributed by atoms with Crippen molar-refractivity contribution in [1.29, 1.82) is 0 Å². The minimum Gasteiger partial charge on any atom is -0.353 e. The molecule has 22 heavy (non-hydrogen) atoms. The first-order valence-electron chi connectivity index (χ1n) is 7.64. The number of nitrogens with zero attached hydrogens (tertiary/aromatic N) is 1. The summed E-state index contributed by atoms with van der Waals surface area (Å²) in [6.45, 7) is 1.12. The van der Waals surface area contributed by atoms with Gasteiger partial charge in [0.05, 0.1) is 6.04 Å². The van der Waals surface area contributed by atoms with Crippen LogP contribution in [0, 0.1) is 0 Å². The molecule has 114 valence electrons. The lowest BCUT2D eigenvalue weighted by Gasteiger charge is -2.25. The molecule has 0 aromatic heterocycles. The zero-order chi connectivity index (χ0) is 15.1. The first-order valence-corrected chi connectivity index (χ1v) is 9.23. The summed E-state index contributed by atoms with van der Waals surface area (Å²) in [5.41, 5.74) is 2.59. The van der Waals surface area contributed by atoms with Crippen LogP contribution in [0.25, 0.3) is 0 Å². The molecule has 0 amide bonds. The second-order valence-corrected chi connectivity index (χ2v) is 7.77. The number of ether oxygens (including phenoxy) is 1. The molecule has 2 aliphatic heterocycles. The summed E-state index contributed by atoms with van der Waals surface area (Å²) in [4.78, 5) is 2.52. The third kappa shape index (κ3) is 2.67. The second kappa shape index (κ2) is 6.08. The van der Waals surface area contributed by atoms with E-state index in [4.69, 9.17) is 4.74 Å². The third-order valence-electron chi connectivity index (χ3n) is 4.60. The molecule has 2 nitrogen and oxygen atoms in total. The van der Waals surface area contributed by atoms with Crippen molar-refractivity contribution in [3.8, 4) is 0 Å². The molecule has 2 heterocycles. The Bertz CT molecular complexity index is 656. The van der Waals surface area contributed by atoms with Crippen LogP contribution in [0.2, 0.25) is 0 Å². The normalized spacial score (nSPS) is 28.0. The van der Waals surface area contributed by atoms with Crippen LogP contribution in [0.15, 0.2) is 57.5 Å². The van der Waals surface area contributed by atoms with Crippen LogP contribution in [-0.4, -0.2) is 17.7 Å². The molecule has 2 aliphatic rings. The molecule has 0 bridgehead atoms. The van der Waals surface area contributed by atoms with Crippen molar-refractivity contribution in [2.24, 2.45) is 0 Å². The molecule has 2 aromatic carbocycles. The van der Waals surface area contributed by atoms with E-state index < -0.39 is 0 Å². The van der Waals surface area contributed by atoms with Gasteiger partial charge < -0.3 is 4.74 Å². The van der Waals surface area contributed by atoms with Gasteiger partial charge in [-0.1, -0.05) is 56.1 Å². The number of rotatable bonds is 2. The molecule has 4 rings (SSSR count). The van der Waals surface area contributed by atoms with Crippen LogP contribution in [0.4, 0.5) is 0 Å². The minimum atomic E-state index is 0.111. The second-order valence-electron chi connectivity index (χ2n) is 5.94. The molecule has 0 aliphatic carbocycles. The number of halogens is 2. The molecule has 2 aromatic rings. The first-order chi connectivity index (χ1) is 10.7. The van der Waals surface area contributed by atoms with Gasteiger partial charge in [0.2, 0.25) is 0 Å². The van der Waals surface area contributed by atoms with Crippen LogP contribution < -0.4 is 0 Å². The molecule has 0 N–H and O–H groups in total. The van der Waals surface area contributed by atoms with Crippen molar-refractivity contribution in [2.75, 3.05) is 6.54 Å². The van der Waals surface area contributed by atoms with E-state index in [-0.39, 0.29) is 12.3 Å². The molecular formula is C18H17Br2NO. The standard InChI is InChI=1S/C18H17Br2NO/c19-14-7-3-12(4-8-14)17-18(13-5-9-15(20)10-6-13)22-16-2-1-11-21(16)17/h3-10,16-18H,1-2,11H2/t16?,17-,18-/m1/s1. The summed E-state index contributed by atoms with van der Waals surface area (Å²) in [6, 6.07) is 17.5. The van der Waals surface area contributed by atoms with E-state index in [1.807, 2.05) is 0 Å². The van der Waals surface area contributed by atoms with E-state index in [0.29, 0.717) is 6.04 Å². The Labute approximate surface area is 147 Å². The van der Waals surface area contributed by atoms with Crippen molar-refractivity contribution >= 4 is 31.9 Å². The van der Waals surface area contributed by atoms with Gasteiger partial charge >= 0.3 is 0 Å². The van der Waals surface area contributed by atoms with Crippen LogP contribution in [-0.2, 0) is 4.74 Å². The third-order valence-corrected chi connectivity index (χ3v) is 5.65. The maximum atomic E-state index is 6.41. The average molecular weight is 423 g/mol. The molecule has 0 saturated carbocycles. The zero-order valence-corrected chi connectivity index (χ0v) is 15.3. The van der Waals surface area contributed by atoms with Gasteiger partial charge in [-0.25, -0.2) is 0 Å². The molecule has 0 spiro atoms. The fourth-order valence-corrected chi connectivity index (χ4v) is 4.11. The van der Waals surface area contributed by atoms with Gasteiger partial charge in [0, 0.05) is 15.5 Å². The van der Waals surface area contributed by atoms with Crippen molar-refractivity contribution in [2.45, 2.75) is 31.2 Å². The fraction of sp³-hybridized carbons (Fsp3) is 0.333. The number of hydrogen-bond donors (Lipinski definition) is 0. The largest absolute Gasteiger partial charge is 0.353 e. The van der Waals surface area contributed by atoms with Crippen molar-refractivity contribution in [3.63, 3.8) is 0 Å². The topological polar surface area (TPSA) is 12.5 Å². The van der Waals surface area contributed by atoms with Gasteiger partial charge in [-0.05, 0) is 48.2 Å². The average Bonchev–Trinajstić information content (AvgIpc) is 3.10. The predicted octanol–water partition coefficient (Wildman–Crippen LogP) is 5.45. The molecule has 2 saturated heterocycles. The Morgan fingerprint density at radius 2 is 1.45 bits per heavy atom. The van der Waals surface area contributed by atoms with Crippen LogP contribution in [0.3, 0.4) is 0 Å². The van der Waals surface area contributed by atoms with Crippen LogP contribution >= 0.6 is 31.9 Å². The van der Waals surface area contributed by atoms with Gasteiger partial charge in [0.15, 0.2) is 0 Å². The maximum Gasteiger partial charge on any atom is 0.112 e. The first kappa shape index (κ1) is 14.9. The molecule has 3 atom stereocenters. The number of hydrogen-bond acceptors (Lipinski definition) is 2. The zero-order valence-electron chi connectivity index (χ0n) is 12.1. The molecular weight excluding hydrogens is 406 g/mol. The van der Waals surface area contributed by atoms with Gasteiger partial charge in [-0.2, -0.15) is 0 Å². The highest BCUT2D eigenvalue weighted by atomic mass is 79.9. The van der Waals surface area contributed by atoms with Gasteiger partial charge in [-0.3, -0.25) is 4.90 Å². The summed E-state index contributed by atoms with van der Waals surface area (Å²) in [5.74, 6) is 0. The Hall–Kier alpha value is -0.680. The lowest BCUT2D eigenvalue weighted by Crippen LogP contribution is -2.26. The molecule has 4 heteroatoms. The Morgan fingerprint density at radius 3 is 2.09 bits per heavy atom. The Kier molecular flexibility index (Phi) is 4.11. The smallest absolute Gasteiger partial charge is 0.112 e. The summed E-state index contributed by atoms with van der Waals surface area (Å²) in [5, 5.41) is 0. The summed E-state index contributed by atoms with van der Waals surface area (Å²) in [6.07, 6.45) is 2.74. The monoisotopic (exact) mass is 421 g/mol. The van der Waals surface area contributed by atoms with E-state index >= 15 is 0 Å². The number of benzene rings is 2. The predicted molar refractivity (Wildman–Crippen MR) is 94.6 cm³/mol. The summed E-state index contributed by atoms with van der Waals surface area (Å²) >= 11 is 7.04. The van der Waals surface area contributed by atoms with Crippen LogP contribution in [0.5, 0.6) is 0 Å². The van der Waals surface area contributed by atoms with Gasteiger partial charge in [0.25, 0.3) is 0 Å². The highest BCUT2D eigenvalue weighted by molar-refractivity contribution is 9.10. The lowest BCUT2D eigenvalue weighted by atomic mass is 9.95. The summed E-state index contributed by atoms with van der Waals surface area (Å²) < 4.78 is 8.63. The SMILES string of the molecule is Brc1ccc([C@H]2OC3CCCN3[C@@H]2c2ccc(Br)cc2)cc1. The van der Waals surface area contributed by atoms with Crippen molar-refractivity contribution in [3.05, 3.63) is 68.6 Å². The van der Waals surface area contributed by atoms with Gasteiger partial charge in [-0.15, -0.1) is 0 Å². The van der Waals surface area contributed by atoms with E-state index in [1.165, 1.54) is 17.5 Å². The maximum absolute atomic E-state index is 6.41. The Balaban J connectivity index is 1.72. The lowest BCUT2D eigenvalue weighted by molar-refractivity contribution is 0.0173. The summed E-state index contributed by atoms with van der Waals surface area (Å²) in [7, 11) is 0. The highest BCUT2D eigenvalue weighted by Gasteiger charge is 2.45. The van der Waals surface area contributed by atoms with E-state index in [9.17, 15) is 0 Å². The van der Waals surface area contributed by atoms with E-state index in [1.54, 1.807) is 0 Å². The van der Waals surface area contributed by atoms with Crippen molar-refractivity contribution < 1.29 is 4.74 Å². The minimum absolute atomic E-state index is 0.111. The van der Waals surface area contributed by atoms with Crippen molar-refractivity contribution in [1.82, 2.24) is 4.90 Å². The van der Waals surface area contributed by atoms with E-state index in [2.05, 4.69) is 85.3 Å². The molecule has 1 unspecified atom stereocenters. The quantitative estimate of drug-likeness (QED) is 0.638. The number of fused-ring (bicyclic) bond motifs is 1. The molecule has 2 fully saturated rings. The molecule has 0 radical (unpaired) electrons. The van der Waals surface area contributed by atoms with E-state index in [0.717, 1.165) is 21.9 Å². The highest BCUT2D eigenvalue weighted by Crippen LogP contribution is 2.48. The van der Waals surface area contributed by atoms with Crippen LogP contribution in [0.1, 0.15) is 36.1 Å². The van der Waals surface area contributed by atoms with Gasteiger partial charge in [0.1, 0.15) is 12.3 Å². The fourth-order valence-electron chi connectivity index (χ4n) is 3.58.